The summed E-state index contributed by atoms with van der Waals surface area (Å²) in [4.78, 5) is 2.67. The van der Waals surface area contributed by atoms with E-state index in [2.05, 4.69) is 31.5 Å². The molecule has 0 saturated carbocycles. The molecule has 1 atom stereocenters. The Kier molecular flexibility index (Phi) is 4.65. The Morgan fingerprint density at radius 2 is 1.64 bits per heavy atom. The van der Waals surface area contributed by atoms with Gasteiger partial charge in [0, 0.05) is 14.6 Å². The van der Waals surface area contributed by atoms with Crippen LogP contribution in [0.3, 0.4) is 0 Å². The number of nitrogens with zero attached hydrogens (tertiary/aromatic N) is 1. The topological polar surface area (TPSA) is 3.24 Å². The minimum Gasteiger partial charge on any atom is -0.303 e. The average Bonchev–Trinajstić information content (AvgIpc) is 2.02. The van der Waals surface area contributed by atoms with Crippen LogP contribution in [0, 0.1) is 5.92 Å². The molecule has 0 spiro atoms. The lowest BCUT2D eigenvalue weighted by Gasteiger charge is -2.31. The second kappa shape index (κ2) is 5.31. The summed E-state index contributed by atoms with van der Waals surface area (Å²) in [6.07, 6.45) is 4.32. The van der Waals surface area contributed by atoms with Crippen LogP contribution in [0.15, 0.2) is 0 Å². The first-order valence-electron chi connectivity index (χ1n) is 6.20. The Balaban J connectivity index is 2.21. The van der Waals surface area contributed by atoms with Gasteiger partial charge in [-0.15, -0.1) is 0 Å². The highest BCUT2D eigenvalue weighted by atomic mass is 28.3. The van der Waals surface area contributed by atoms with Crippen LogP contribution in [0.1, 0.15) is 26.2 Å². The van der Waals surface area contributed by atoms with E-state index in [0.29, 0.717) is 0 Å². The standard InChI is InChI=1S/C12H27NSi/c1-12(11-14(2,3)4)10-13-8-6-5-7-9-13/h12H,5-11H2,1-4H3. The van der Waals surface area contributed by atoms with Crippen LogP contribution in [0.2, 0.25) is 25.7 Å². The first kappa shape index (κ1) is 12.2. The van der Waals surface area contributed by atoms with Crippen LogP contribution < -0.4 is 0 Å². The molecule has 0 bridgehead atoms. The van der Waals surface area contributed by atoms with Crippen molar-refractivity contribution in [3.63, 3.8) is 0 Å². The van der Waals surface area contributed by atoms with Crippen molar-refractivity contribution in [1.29, 1.82) is 0 Å². The van der Waals surface area contributed by atoms with Crippen molar-refractivity contribution >= 4 is 8.07 Å². The Bertz CT molecular complexity index is 156. The van der Waals surface area contributed by atoms with Crippen LogP contribution in [0.25, 0.3) is 0 Å². The molecule has 0 amide bonds. The van der Waals surface area contributed by atoms with Gasteiger partial charge in [0.15, 0.2) is 0 Å². The summed E-state index contributed by atoms with van der Waals surface area (Å²) in [6, 6.07) is 1.49. The maximum Gasteiger partial charge on any atom is 0.0445 e. The second-order valence-corrected chi connectivity index (χ2v) is 11.8. The smallest absolute Gasteiger partial charge is 0.0445 e. The molecule has 1 nitrogen and oxygen atoms in total. The Hall–Kier alpha value is 0.177. The minimum atomic E-state index is -0.831. The van der Waals surface area contributed by atoms with Gasteiger partial charge in [0.25, 0.3) is 0 Å². The third kappa shape index (κ3) is 5.16. The summed E-state index contributed by atoms with van der Waals surface area (Å²) in [6.45, 7) is 14.0. The lowest BCUT2D eigenvalue weighted by atomic mass is 10.1. The lowest BCUT2D eigenvalue weighted by molar-refractivity contribution is 0.205. The molecule has 1 aliphatic rings. The second-order valence-electron chi connectivity index (χ2n) is 6.23. The van der Waals surface area contributed by atoms with Crippen molar-refractivity contribution in [2.45, 2.75) is 51.9 Å². The fourth-order valence-electron chi connectivity index (χ4n) is 2.69. The summed E-state index contributed by atoms with van der Waals surface area (Å²) < 4.78 is 0. The molecule has 1 heterocycles. The van der Waals surface area contributed by atoms with Crippen LogP contribution in [-0.2, 0) is 0 Å². The van der Waals surface area contributed by atoms with Gasteiger partial charge in [0.1, 0.15) is 0 Å². The highest BCUT2D eigenvalue weighted by molar-refractivity contribution is 6.76. The van der Waals surface area contributed by atoms with Gasteiger partial charge >= 0.3 is 0 Å². The van der Waals surface area contributed by atoms with Crippen molar-refractivity contribution in [2.24, 2.45) is 5.92 Å². The van der Waals surface area contributed by atoms with Crippen molar-refractivity contribution in [3.05, 3.63) is 0 Å². The maximum atomic E-state index is 2.67. The maximum absolute atomic E-state index is 2.67. The zero-order valence-corrected chi connectivity index (χ0v) is 11.5. The number of likely N-dealkylation sites (tertiary alicyclic amines) is 1. The van der Waals surface area contributed by atoms with E-state index in [1.165, 1.54) is 44.9 Å². The van der Waals surface area contributed by atoms with Gasteiger partial charge in [0.2, 0.25) is 0 Å². The zero-order chi connectivity index (χ0) is 10.6. The molecule has 1 aliphatic heterocycles. The van der Waals surface area contributed by atoms with Crippen LogP contribution in [0.4, 0.5) is 0 Å². The molecule has 2 heteroatoms. The van der Waals surface area contributed by atoms with E-state index in [1.54, 1.807) is 0 Å². The van der Waals surface area contributed by atoms with Crippen molar-refractivity contribution < 1.29 is 0 Å². The van der Waals surface area contributed by atoms with Crippen molar-refractivity contribution in [1.82, 2.24) is 4.90 Å². The van der Waals surface area contributed by atoms with E-state index in [-0.39, 0.29) is 0 Å². The van der Waals surface area contributed by atoms with E-state index < -0.39 is 8.07 Å². The molecule has 0 aromatic heterocycles. The Morgan fingerprint density at radius 1 is 1.07 bits per heavy atom. The first-order valence-corrected chi connectivity index (χ1v) is 9.90. The summed E-state index contributed by atoms with van der Waals surface area (Å²) >= 11 is 0. The third-order valence-electron chi connectivity index (χ3n) is 2.98. The first-order chi connectivity index (χ1) is 6.47. The van der Waals surface area contributed by atoms with Crippen LogP contribution in [0.5, 0.6) is 0 Å². The molecule has 14 heavy (non-hydrogen) atoms. The molecule has 0 aromatic rings. The predicted octanol–water partition coefficient (Wildman–Crippen LogP) is 3.45. The van der Waals surface area contributed by atoms with E-state index in [1.807, 2.05) is 0 Å². The van der Waals surface area contributed by atoms with Gasteiger partial charge < -0.3 is 4.90 Å². The largest absolute Gasteiger partial charge is 0.303 e. The van der Waals surface area contributed by atoms with Gasteiger partial charge in [-0.2, -0.15) is 0 Å². The number of piperidine rings is 1. The number of hydrogen-bond donors (Lipinski definition) is 0. The highest BCUT2D eigenvalue weighted by Gasteiger charge is 2.20. The van der Waals surface area contributed by atoms with Crippen molar-refractivity contribution in [2.75, 3.05) is 19.6 Å². The SMILES string of the molecule is CC(CN1CCCCC1)C[Si](C)(C)C. The predicted molar refractivity (Wildman–Crippen MR) is 67.6 cm³/mol. The normalized spacial score (nSPS) is 22.3. The van der Waals surface area contributed by atoms with Gasteiger partial charge in [-0.3, -0.25) is 0 Å². The van der Waals surface area contributed by atoms with Gasteiger partial charge in [-0.1, -0.05) is 39.0 Å². The molecule has 0 N–H and O–H groups in total. The molecule has 1 rings (SSSR count). The van der Waals surface area contributed by atoms with Gasteiger partial charge in [0.05, 0.1) is 0 Å². The average molecular weight is 213 g/mol. The molecule has 1 unspecified atom stereocenters. The Morgan fingerprint density at radius 3 is 2.14 bits per heavy atom. The summed E-state index contributed by atoms with van der Waals surface area (Å²) in [7, 11) is -0.831. The van der Waals surface area contributed by atoms with E-state index in [0.717, 1.165) is 5.92 Å². The van der Waals surface area contributed by atoms with E-state index in [4.69, 9.17) is 0 Å². The van der Waals surface area contributed by atoms with E-state index >= 15 is 0 Å². The molecule has 84 valence electrons. The quantitative estimate of drug-likeness (QED) is 0.647. The van der Waals surface area contributed by atoms with Crippen LogP contribution >= 0.6 is 0 Å². The fourth-order valence-corrected chi connectivity index (χ4v) is 4.91. The molecule has 1 saturated heterocycles. The zero-order valence-electron chi connectivity index (χ0n) is 10.5. The molecule has 0 radical (unpaired) electrons. The number of rotatable bonds is 4. The van der Waals surface area contributed by atoms with Gasteiger partial charge in [-0.05, 0) is 31.8 Å². The molecule has 1 fully saturated rings. The summed E-state index contributed by atoms with van der Waals surface area (Å²) in [5, 5.41) is 0. The fraction of sp³-hybridized carbons (Fsp3) is 1.00. The summed E-state index contributed by atoms with van der Waals surface area (Å²) in [5.41, 5.74) is 0. The van der Waals surface area contributed by atoms with Crippen LogP contribution in [-0.4, -0.2) is 32.6 Å². The summed E-state index contributed by atoms with van der Waals surface area (Å²) in [5.74, 6) is 0.916. The van der Waals surface area contributed by atoms with Crippen molar-refractivity contribution in [3.8, 4) is 0 Å². The number of hydrogen-bond acceptors (Lipinski definition) is 1. The highest BCUT2D eigenvalue weighted by Crippen LogP contribution is 2.19. The lowest BCUT2D eigenvalue weighted by Crippen LogP contribution is -2.35. The third-order valence-corrected chi connectivity index (χ3v) is 4.90. The Labute approximate surface area is 90.9 Å². The molecular formula is C12H27NSi. The monoisotopic (exact) mass is 213 g/mol. The minimum absolute atomic E-state index is 0.831. The van der Waals surface area contributed by atoms with E-state index in [9.17, 15) is 0 Å². The molecular weight excluding hydrogens is 186 g/mol. The van der Waals surface area contributed by atoms with Gasteiger partial charge in [-0.25, -0.2) is 0 Å². The molecule has 0 aliphatic carbocycles. The molecule has 0 aromatic carbocycles.